The highest BCUT2D eigenvalue weighted by atomic mass is 32.2. The number of nitrogens with two attached hydrogens (primary N) is 1. The van der Waals surface area contributed by atoms with Gasteiger partial charge < -0.3 is 45.3 Å². The van der Waals surface area contributed by atoms with E-state index < -0.39 is 38.6 Å². The summed E-state index contributed by atoms with van der Waals surface area (Å²) in [6, 6.07) is 52.3. The van der Waals surface area contributed by atoms with Gasteiger partial charge >= 0.3 is 18.3 Å². The van der Waals surface area contributed by atoms with Gasteiger partial charge in [-0.1, -0.05) is 127 Å². The fraction of sp³-hybridized carbons (Fsp3) is 0.381. The number of hydrogen-bond acceptors (Lipinski definition) is 20. The number of ether oxygens (including phenoxy) is 3. The number of rotatable bonds is 17. The van der Waals surface area contributed by atoms with Crippen molar-refractivity contribution < 1.29 is 50.2 Å². The van der Waals surface area contributed by atoms with Crippen LogP contribution in [0.15, 0.2) is 220 Å². The molecule has 6 aromatic heterocycles. The predicted molar refractivity (Wildman–Crippen MR) is 496 cm³/mol. The zero-order valence-electron chi connectivity index (χ0n) is 76.3. The van der Waals surface area contributed by atoms with Crippen LogP contribution in [0.25, 0.3) is 67.5 Å². The smallest absolute Gasteiger partial charge is 0.410 e. The second kappa shape index (κ2) is 41.0. The number of hydrogen-bond donors (Lipinski definition) is 3. The highest BCUT2D eigenvalue weighted by Gasteiger charge is 2.37. The van der Waals surface area contributed by atoms with E-state index in [1.807, 2.05) is 183 Å². The molecule has 0 spiro atoms. The van der Waals surface area contributed by atoms with Gasteiger partial charge in [-0.25, -0.2) is 65.9 Å². The minimum atomic E-state index is -3.71. The maximum absolute atomic E-state index is 13.9. The van der Waals surface area contributed by atoms with E-state index in [-0.39, 0.29) is 93.2 Å². The average Bonchev–Trinajstić information content (AvgIpc) is 1.61. The lowest BCUT2D eigenvalue weighted by Gasteiger charge is -2.35. The number of likely N-dealkylation sites (tertiary alicyclic amines) is 3. The highest BCUT2D eigenvalue weighted by molar-refractivity contribution is 7.90. The number of sulfone groups is 1. The van der Waals surface area contributed by atoms with Gasteiger partial charge in [-0.2, -0.15) is 0 Å². The predicted octanol–water partition coefficient (Wildman–Crippen LogP) is 17.5. The lowest BCUT2D eigenvalue weighted by atomic mass is 10.0. The number of amides is 3. The summed E-state index contributed by atoms with van der Waals surface area (Å²) in [5.74, 6) is -0.352. The van der Waals surface area contributed by atoms with Crippen LogP contribution in [-0.2, 0) is 45.2 Å². The Kier molecular flexibility index (Phi) is 30.2. The fourth-order valence-electron chi connectivity index (χ4n) is 15.9. The minimum Gasteiger partial charge on any atom is -0.444 e. The van der Waals surface area contributed by atoms with E-state index in [1.54, 1.807) is 105 Å². The van der Waals surface area contributed by atoms with Crippen molar-refractivity contribution in [1.29, 1.82) is 0 Å². The van der Waals surface area contributed by atoms with Crippen LogP contribution in [0.3, 0.4) is 0 Å². The van der Waals surface area contributed by atoms with Gasteiger partial charge in [0, 0.05) is 91.3 Å². The number of nitrogens with one attached hydrogen (secondary N) is 2. The molecule has 3 aliphatic rings. The molecule has 0 saturated carbocycles. The fourth-order valence-corrected chi connectivity index (χ4v) is 16.5. The van der Waals surface area contributed by atoms with Crippen LogP contribution in [0, 0.1) is 17.5 Å². The SMILES string of the molecule is C[C@H](N)c1ccccc1.C[C@H](Nc1nccc(-c2c(-c3ccc(F)cc3)c(=O)n(C)n2C2CCN(C(=O)OC(C)(C)C)CC2)n1)c1ccccc1.C[C@H](Nc1nccc(-c2c(-c3ccc(F)cc3)c(=O)n(C)n2C2CCN(C(=O)OC(C)(C)C)CC2)n1)c1ccccc1.Cn1c(=O)c(-c2ccc(F)cc2)c(-c2ccnc(S(C)(=O)=O)n2)n1C1CCN(C(=O)OC(C)(C)C)CC1. The summed E-state index contributed by atoms with van der Waals surface area (Å²) in [6.45, 7) is 25.3. The lowest BCUT2D eigenvalue weighted by Crippen LogP contribution is -2.42. The molecule has 29 nitrogen and oxygen atoms in total. The molecule has 686 valence electrons. The molecular weight excluding hydrogens is 1680 g/mol. The van der Waals surface area contributed by atoms with Crippen molar-refractivity contribution >= 4 is 40.0 Å². The first kappa shape index (κ1) is 95.8. The van der Waals surface area contributed by atoms with Crippen molar-refractivity contribution in [3.05, 3.63) is 266 Å². The third-order valence-electron chi connectivity index (χ3n) is 22.3. The van der Waals surface area contributed by atoms with Gasteiger partial charge in [0.05, 0.1) is 81.1 Å². The summed E-state index contributed by atoms with van der Waals surface area (Å²) in [5.41, 5.74) is 12.3. The molecule has 0 aliphatic carbocycles. The first-order valence-electron chi connectivity index (χ1n) is 43.4. The molecule has 4 N–H and O–H groups in total. The van der Waals surface area contributed by atoms with Crippen molar-refractivity contribution in [1.82, 2.24) is 72.7 Å². The molecular formula is C97H115F3N18O11S. The third kappa shape index (κ3) is 23.8. The summed E-state index contributed by atoms with van der Waals surface area (Å²) in [5, 5.41) is 6.37. The molecule has 33 heteroatoms. The van der Waals surface area contributed by atoms with Gasteiger partial charge in [-0.05, 0) is 210 Å². The first-order chi connectivity index (χ1) is 61.6. The van der Waals surface area contributed by atoms with E-state index >= 15 is 0 Å². The van der Waals surface area contributed by atoms with Crippen molar-refractivity contribution in [3.8, 4) is 67.5 Å². The monoisotopic (exact) mass is 1800 g/mol. The molecule has 15 rings (SSSR count). The number of halogens is 3. The van der Waals surface area contributed by atoms with E-state index in [9.17, 15) is 50.4 Å². The summed E-state index contributed by atoms with van der Waals surface area (Å²) in [6.07, 6.45) is 8.16. The molecule has 3 aliphatic heterocycles. The maximum atomic E-state index is 13.9. The maximum Gasteiger partial charge on any atom is 0.410 e. The number of carbonyl (C=O) groups is 3. The Morgan fingerprint density at radius 2 is 0.662 bits per heavy atom. The Labute approximate surface area is 755 Å². The van der Waals surface area contributed by atoms with Crippen LogP contribution in [0.2, 0.25) is 0 Å². The van der Waals surface area contributed by atoms with Crippen molar-refractivity contribution in [2.45, 2.75) is 180 Å². The second-order valence-corrected chi connectivity index (χ2v) is 37.5. The number of anilines is 2. The Balaban J connectivity index is 0.000000168. The Morgan fingerprint density at radius 3 is 0.915 bits per heavy atom. The lowest BCUT2D eigenvalue weighted by molar-refractivity contribution is 0.0171. The van der Waals surface area contributed by atoms with E-state index in [2.05, 4.69) is 30.6 Å². The molecule has 12 aromatic rings. The van der Waals surface area contributed by atoms with Gasteiger partial charge in [-0.3, -0.25) is 42.5 Å². The van der Waals surface area contributed by atoms with Crippen molar-refractivity contribution in [3.63, 3.8) is 0 Å². The Hall–Kier alpha value is -13.3. The van der Waals surface area contributed by atoms with Crippen LogP contribution in [-0.4, -0.2) is 162 Å². The molecule has 3 amide bonds. The normalized spacial score (nSPS) is 14.9. The number of benzene rings is 6. The minimum absolute atomic E-state index is 0.0480. The van der Waals surface area contributed by atoms with E-state index in [1.165, 1.54) is 65.0 Å². The molecule has 0 unspecified atom stereocenters. The summed E-state index contributed by atoms with van der Waals surface area (Å²) in [7, 11) is 1.38. The van der Waals surface area contributed by atoms with Crippen LogP contribution in [0.4, 0.5) is 39.5 Å². The quantitative estimate of drug-likeness (QED) is 0.0563. The molecule has 130 heavy (non-hydrogen) atoms. The molecule has 6 aromatic carbocycles. The first-order valence-corrected chi connectivity index (χ1v) is 45.3. The molecule has 3 fully saturated rings. The summed E-state index contributed by atoms with van der Waals surface area (Å²) < 4.78 is 92.8. The van der Waals surface area contributed by atoms with E-state index in [0.29, 0.717) is 146 Å². The van der Waals surface area contributed by atoms with Crippen molar-refractivity contribution in [2.75, 3.05) is 56.2 Å². The zero-order chi connectivity index (χ0) is 93.8. The largest absolute Gasteiger partial charge is 0.444 e. The Morgan fingerprint density at radius 1 is 0.400 bits per heavy atom. The molecule has 9 heterocycles. The van der Waals surface area contributed by atoms with Gasteiger partial charge in [0.15, 0.2) is 0 Å². The molecule has 3 atom stereocenters. The standard InChI is InChI=1S/2C32H37FN6O3.C25H30FN5O5S.C8H11N/c2*1-21(22-9-7-6-8-10-22)35-30-34-18-15-26(36-30)28-27(23-11-13-24(33)14-12-23)29(40)37(5)39(28)25-16-19-38(20-17-25)31(41)42-32(2,3)4;1-25(2,3)36-24(33)30-14-11-18(12-15-30)31-21(19-10-13-27-23(28-19)37(5,34)35)20(22(32)29(31)4)16-6-8-17(26)9-7-16;1-7(9)8-5-3-2-4-6-8/h2*6-15,18,21,25H,16-17,19-20H2,1-5H3,(H,34,35,36);6-10,13,18H,11-12,14-15H2,1-5H3;2-7H,9H2,1H3/t2*21-;;7-/m00.0/s1. The summed E-state index contributed by atoms with van der Waals surface area (Å²) >= 11 is 0. The van der Waals surface area contributed by atoms with Crippen LogP contribution >= 0.6 is 0 Å². The average molecular weight is 1800 g/mol. The van der Waals surface area contributed by atoms with Gasteiger partial charge in [0.2, 0.25) is 26.9 Å². The summed E-state index contributed by atoms with van der Waals surface area (Å²) in [4.78, 5) is 111. The zero-order valence-corrected chi connectivity index (χ0v) is 77.1. The van der Waals surface area contributed by atoms with Crippen LogP contribution in [0.5, 0.6) is 0 Å². The van der Waals surface area contributed by atoms with E-state index in [0.717, 1.165) is 17.4 Å². The number of aromatic nitrogens is 12. The van der Waals surface area contributed by atoms with E-state index in [4.69, 9.17) is 29.9 Å². The molecule has 3 saturated heterocycles. The third-order valence-corrected chi connectivity index (χ3v) is 23.2. The second-order valence-electron chi connectivity index (χ2n) is 35.6. The highest BCUT2D eigenvalue weighted by Crippen LogP contribution is 2.40. The van der Waals surface area contributed by atoms with Crippen LogP contribution < -0.4 is 33.0 Å². The number of nitrogens with zero attached hydrogens (tertiary/aromatic N) is 15. The van der Waals surface area contributed by atoms with Crippen LogP contribution in [0.1, 0.15) is 175 Å². The topological polar surface area (TPSA) is 331 Å². The number of piperidine rings is 3. The van der Waals surface area contributed by atoms with Gasteiger partial charge in [0.25, 0.3) is 16.7 Å². The van der Waals surface area contributed by atoms with Gasteiger partial charge in [0.1, 0.15) is 34.3 Å². The Bertz CT molecular complexity index is 5980. The molecule has 0 bridgehead atoms. The number of carbonyl (C=O) groups excluding carboxylic acids is 3. The van der Waals surface area contributed by atoms with Gasteiger partial charge in [-0.15, -0.1) is 0 Å². The molecule has 0 radical (unpaired) electrons. The van der Waals surface area contributed by atoms with Crippen molar-refractivity contribution in [2.24, 2.45) is 26.9 Å².